The van der Waals surface area contributed by atoms with Crippen LogP contribution in [0.5, 0.6) is 0 Å². The second-order valence-corrected chi connectivity index (χ2v) is 8.18. The van der Waals surface area contributed by atoms with E-state index < -0.39 is 0 Å². The molecule has 1 N–H and O–H groups in total. The predicted molar refractivity (Wildman–Crippen MR) is 122 cm³/mol. The number of nitrogens with one attached hydrogen (secondary N) is 1. The highest BCUT2D eigenvalue weighted by Gasteiger charge is 2.19. The number of aromatic nitrogens is 3. The molecule has 0 aliphatic heterocycles. The van der Waals surface area contributed by atoms with Crippen molar-refractivity contribution in [3.8, 4) is 11.4 Å². The van der Waals surface area contributed by atoms with Gasteiger partial charge in [0.25, 0.3) is 5.91 Å². The fourth-order valence-electron chi connectivity index (χ4n) is 2.99. The number of benzene rings is 2. The van der Waals surface area contributed by atoms with Gasteiger partial charge in [-0.3, -0.25) is 4.79 Å². The Balaban J connectivity index is 1.62. The Labute approximate surface area is 179 Å². The van der Waals surface area contributed by atoms with Crippen LogP contribution >= 0.6 is 11.3 Å². The van der Waals surface area contributed by atoms with Crippen molar-refractivity contribution in [3.05, 3.63) is 82.0 Å². The fourth-order valence-corrected chi connectivity index (χ4v) is 3.64. The highest BCUT2D eigenvalue weighted by molar-refractivity contribution is 7.12. The Morgan fingerprint density at radius 2 is 1.80 bits per heavy atom. The third-order valence-corrected chi connectivity index (χ3v) is 5.60. The van der Waals surface area contributed by atoms with E-state index in [2.05, 4.69) is 44.6 Å². The second-order valence-electron chi connectivity index (χ2n) is 7.23. The van der Waals surface area contributed by atoms with Crippen LogP contribution in [0.4, 0.5) is 11.6 Å². The van der Waals surface area contributed by atoms with Gasteiger partial charge in [0, 0.05) is 31.9 Å². The molecule has 0 spiro atoms. The molecule has 2 heterocycles. The van der Waals surface area contributed by atoms with Crippen LogP contribution in [0.2, 0.25) is 0 Å². The smallest absolute Gasteiger partial charge is 0.291 e. The first-order valence-corrected chi connectivity index (χ1v) is 10.5. The van der Waals surface area contributed by atoms with E-state index in [-0.39, 0.29) is 5.91 Å². The summed E-state index contributed by atoms with van der Waals surface area (Å²) in [6.07, 6.45) is 0. The normalized spacial score (nSPS) is 10.8. The Bertz CT molecular complexity index is 1130. The van der Waals surface area contributed by atoms with Crippen LogP contribution in [-0.4, -0.2) is 34.8 Å². The standard InChI is InChI=1S/C23H23N5OS/c1-16-6-10-18(11-7-16)21-25-23(28(26-21)22(29)20-5-4-14-30-20)24-15-17-8-12-19(13-9-17)27(2)3/h4-14H,15H2,1-3H3,(H,24,25,26). The highest BCUT2D eigenvalue weighted by atomic mass is 32.1. The van der Waals surface area contributed by atoms with Gasteiger partial charge < -0.3 is 10.2 Å². The van der Waals surface area contributed by atoms with Crippen LogP contribution in [-0.2, 0) is 6.54 Å². The minimum Gasteiger partial charge on any atom is -0.378 e. The molecular weight excluding hydrogens is 394 g/mol. The number of hydrogen-bond donors (Lipinski definition) is 1. The summed E-state index contributed by atoms with van der Waals surface area (Å²) in [5.41, 5.74) is 4.26. The zero-order valence-corrected chi connectivity index (χ0v) is 18.0. The molecule has 30 heavy (non-hydrogen) atoms. The van der Waals surface area contributed by atoms with Gasteiger partial charge in [0.1, 0.15) is 0 Å². The van der Waals surface area contributed by atoms with E-state index in [1.165, 1.54) is 16.0 Å². The van der Waals surface area contributed by atoms with Gasteiger partial charge in [0.15, 0.2) is 5.82 Å². The van der Waals surface area contributed by atoms with Gasteiger partial charge in [-0.2, -0.15) is 9.67 Å². The zero-order valence-electron chi connectivity index (χ0n) is 17.2. The molecule has 2 aromatic heterocycles. The molecule has 4 rings (SSSR count). The maximum Gasteiger partial charge on any atom is 0.291 e. The van der Waals surface area contributed by atoms with Crippen molar-refractivity contribution in [2.24, 2.45) is 0 Å². The fraction of sp³-hybridized carbons (Fsp3) is 0.174. The van der Waals surface area contributed by atoms with E-state index in [9.17, 15) is 4.79 Å². The van der Waals surface area contributed by atoms with Crippen LogP contribution in [0.1, 0.15) is 20.8 Å². The molecular formula is C23H23N5OS. The lowest BCUT2D eigenvalue weighted by atomic mass is 10.1. The summed E-state index contributed by atoms with van der Waals surface area (Å²) in [7, 11) is 4.02. The number of thiophene rings is 1. The summed E-state index contributed by atoms with van der Waals surface area (Å²) < 4.78 is 1.36. The summed E-state index contributed by atoms with van der Waals surface area (Å²) in [6, 6.07) is 19.9. The number of carbonyl (C=O) groups excluding carboxylic acids is 1. The maximum atomic E-state index is 13.0. The lowest BCUT2D eigenvalue weighted by Gasteiger charge is -2.13. The third-order valence-electron chi connectivity index (χ3n) is 4.74. The molecule has 6 nitrogen and oxygen atoms in total. The summed E-state index contributed by atoms with van der Waals surface area (Å²) in [6.45, 7) is 2.57. The number of nitrogens with zero attached hydrogens (tertiary/aromatic N) is 4. The molecule has 4 aromatic rings. The van der Waals surface area contributed by atoms with E-state index in [0.29, 0.717) is 23.2 Å². The molecule has 0 radical (unpaired) electrons. The first-order valence-electron chi connectivity index (χ1n) is 9.64. The topological polar surface area (TPSA) is 63.1 Å². The lowest BCUT2D eigenvalue weighted by molar-refractivity contribution is 0.0951. The van der Waals surface area contributed by atoms with Crippen molar-refractivity contribution in [1.29, 1.82) is 0 Å². The lowest BCUT2D eigenvalue weighted by Crippen LogP contribution is -2.16. The monoisotopic (exact) mass is 417 g/mol. The quantitative estimate of drug-likeness (QED) is 0.493. The molecule has 0 atom stereocenters. The van der Waals surface area contributed by atoms with E-state index in [1.807, 2.05) is 56.7 Å². The Kier molecular flexibility index (Phi) is 5.63. The van der Waals surface area contributed by atoms with Crippen molar-refractivity contribution in [1.82, 2.24) is 14.8 Å². The van der Waals surface area contributed by atoms with Crippen LogP contribution in [0.15, 0.2) is 66.0 Å². The van der Waals surface area contributed by atoms with Gasteiger partial charge in [-0.05, 0) is 36.1 Å². The van der Waals surface area contributed by atoms with Crippen molar-refractivity contribution in [3.63, 3.8) is 0 Å². The largest absolute Gasteiger partial charge is 0.378 e. The second kappa shape index (κ2) is 8.51. The van der Waals surface area contributed by atoms with Crippen molar-refractivity contribution >= 4 is 28.9 Å². The van der Waals surface area contributed by atoms with Crippen LogP contribution in [0, 0.1) is 6.92 Å². The SMILES string of the molecule is Cc1ccc(-c2nc(NCc3ccc(N(C)C)cc3)n(C(=O)c3cccs3)n2)cc1. The molecule has 0 amide bonds. The Morgan fingerprint density at radius 1 is 1.07 bits per heavy atom. The first kappa shape index (κ1) is 19.8. The van der Waals surface area contributed by atoms with Crippen molar-refractivity contribution in [2.45, 2.75) is 13.5 Å². The minimum atomic E-state index is -0.193. The zero-order chi connectivity index (χ0) is 21.1. The summed E-state index contributed by atoms with van der Waals surface area (Å²) in [5.74, 6) is 0.757. The summed E-state index contributed by atoms with van der Waals surface area (Å²) >= 11 is 1.39. The number of anilines is 2. The van der Waals surface area contributed by atoms with E-state index in [4.69, 9.17) is 0 Å². The van der Waals surface area contributed by atoms with Crippen LogP contribution < -0.4 is 10.2 Å². The van der Waals surface area contributed by atoms with Gasteiger partial charge in [-0.1, -0.05) is 48.0 Å². The predicted octanol–water partition coefficient (Wildman–Crippen LogP) is 4.68. The molecule has 0 saturated carbocycles. The number of hydrogen-bond acceptors (Lipinski definition) is 6. The highest BCUT2D eigenvalue weighted by Crippen LogP contribution is 2.21. The van der Waals surface area contributed by atoms with Gasteiger partial charge >= 0.3 is 0 Å². The van der Waals surface area contributed by atoms with Crippen LogP contribution in [0.3, 0.4) is 0 Å². The molecule has 7 heteroatoms. The maximum absolute atomic E-state index is 13.0. The molecule has 0 bridgehead atoms. The number of rotatable bonds is 6. The molecule has 0 aliphatic rings. The summed E-state index contributed by atoms with van der Waals surface area (Å²) in [4.78, 5) is 20.3. The average molecular weight is 418 g/mol. The molecule has 2 aromatic carbocycles. The van der Waals surface area contributed by atoms with E-state index >= 15 is 0 Å². The van der Waals surface area contributed by atoms with Crippen molar-refractivity contribution in [2.75, 3.05) is 24.3 Å². The van der Waals surface area contributed by atoms with Crippen molar-refractivity contribution < 1.29 is 4.79 Å². The Hall–Kier alpha value is -3.45. The third kappa shape index (κ3) is 4.26. The molecule has 152 valence electrons. The van der Waals surface area contributed by atoms with Crippen LogP contribution in [0.25, 0.3) is 11.4 Å². The molecule has 0 saturated heterocycles. The molecule has 0 unspecified atom stereocenters. The van der Waals surface area contributed by atoms with E-state index in [1.54, 1.807) is 6.07 Å². The first-order chi connectivity index (χ1) is 14.5. The van der Waals surface area contributed by atoms with Gasteiger partial charge in [-0.25, -0.2) is 0 Å². The summed E-state index contributed by atoms with van der Waals surface area (Å²) in [5, 5.41) is 9.67. The van der Waals surface area contributed by atoms with Gasteiger partial charge in [0.2, 0.25) is 5.95 Å². The molecule has 0 fully saturated rings. The minimum absolute atomic E-state index is 0.193. The Morgan fingerprint density at radius 3 is 2.43 bits per heavy atom. The van der Waals surface area contributed by atoms with E-state index in [0.717, 1.165) is 22.4 Å². The number of carbonyl (C=O) groups is 1. The van der Waals surface area contributed by atoms with Gasteiger partial charge in [0.05, 0.1) is 4.88 Å². The number of aryl methyl sites for hydroxylation is 1. The van der Waals surface area contributed by atoms with Gasteiger partial charge in [-0.15, -0.1) is 16.4 Å². The molecule has 0 aliphatic carbocycles. The average Bonchev–Trinajstić information content (AvgIpc) is 3.43.